The zero-order valence-electron chi connectivity index (χ0n) is 9.95. The Kier molecular flexibility index (Phi) is 3.47. The maximum absolute atomic E-state index is 10.2. The molecule has 1 aromatic rings. The highest BCUT2D eigenvalue weighted by Gasteiger charge is 2.51. The normalized spacial score (nSPS) is 24.4. The van der Waals surface area contributed by atoms with Crippen LogP contribution >= 0.6 is 35.3 Å². The van der Waals surface area contributed by atoms with Gasteiger partial charge in [-0.3, -0.25) is 10.1 Å². The molecule has 1 saturated heterocycles. The number of thioether (sulfide) groups is 1. The Bertz CT molecular complexity index is 453. The summed E-state index contributed by atoms with van der Waals surface area (Å²) < 4.78 is 1.95. The van der Waals surface area contributed by atoms with Crippen molar-refractivity contribution >= 4 is 45.9 Å². The lowest BCUT2D eigenvalue weighted by Crippen LogP contribution is -2.46. The van der Waals surface area contributed by atoms with Crippen LogP contribution in [0.1, 0.15) is 18.7 Å². The van der Waals surface area contributed by atoms with Crippen LogP contribution in [0.2, 0.25) is 0 Å². The first-order chi connectivity index (χ1) is 7.92. The SMILES string of the molecule is CN1C(=S)SC(C)(C)C1[N+](O)=Cc1cccs1. The van der Waals surface area contributed by atoms with Gasteiger partial charge < -0.3 is 0 Å². The molecule has 0 aliphatic carbocycles. The molecule has 0 radical (unpaired) electrons. The highest BCUT2D eigenvalue weighted by molar-refractivity contribution is 8.24. The van der Waals surface area contributed by atoms with Crippen molar-refractivity contribution in [2.24, 2.45) is 0 Å². The first-order valence-electron chi connectivity index (χ1n) is 5.23. The fourth-order valence-electron chi connectivity index (χ4n) is 1.98. The third kappa shape index (κ3) is 2.48. The molecule has 1 aliphatic rings. The van der Waals surface area contributed by atoms with Crippen molar-refractivity contribution in [1.29, 1.82) is 0 Å². The van der Waals surface area contributed by atoms with E-state index in [9.17, 15) is 5.21 Å². The lowest BCUT2D eigenvalue weighted by molar-refractivity contribution is -0.807. The Morgan fingerprint density at radius 2 is 2.29 bits per heavy atom. The molecule has 17 heavy (non-hydrogen) atoms. The topological polar surface area (TPSA) is 26.5 Å². The molecule has 2 rings (SSSR count). The standard InChI is InChI=1S/C11H15N2OS3/c1-11(2)9(12(3)10(15)17-11)13(14)7-8-5-4-6-16-8/h4-7,9,14H,1-3H3/q+1. The van der Waals surface area contributed by atoms with Crippen LogP contribution in [-0.4, -0.2) is 43.3 Å². The fraction of sp³-hybridized carbons (Fsp3) is 0.455. The highest BCUT2D eigenvalue weighted by Crippen LogP contribution is 2.40. The van der Waals surface area contributed by atoms with Crippen molar-refractivity contribution in [1.82, 2.24) is 4.90 Å². The summed E-state index contributed by atoms with van der Waals surface area (Å²) >= 11 is 8.49. The minimum atomic E-state index is -0.137. The summed E-state index contributed by atoms with van der Waals surface area (Å²) in [4.78, 5) is 2.96. The van der Waals surface area contributed by atoms with Gasteiger partial charge in [-0.1, -0.05) is 30.0 Å². The minimum Gasteiger partial charge on any atom is -0.298 e. The van der Waals surface area contributed by atoms with Crippen molar-refractivity contribution in [2.45, 2.75) is 24.8 Å². The molecular weight excluding hydrogens is 272 g/mol. The summed E-state index contributed by atoms with van der Waals surface area (Å²) in [7, 11) is 1.92. The second-order valence-electron chi connectivity index (χ2n) is 4.48. The average Bonchev–Trinajstić information content (AvgIpc) is 2.74. The van der Waals surface area contributed by atoms with E-state index in [1.54, 1.807) is 29.3 Å². The minimum absolute atomic E-state index is 0.131. The number of hydrogen-bond acceptors (Lipinski definition) is 4. The molecule has 1 atom stereocenters. The van der Waals surface area contributed by atoms with Crippen molar-refractivity contribution in [3.05, 3.63) is 22.4 Å². The number of hydroxylamine groups is 1. The Morgan fingerprint density at radius 3 is 2.76 bits per heavy atom. The molecule has 0 aromatic carbocycles. The Labute approximate surface area is 115 Å². The predicted molar refractivity (Wildman–Crippen MR) is 77.4 cm³/mol. The van der Waals surface area contributed by atoms with Gasteiger partial charge in [-0.05, 0) is 30.0 Å². The lowest BCUT2D eigenvalue weighted by atomic mass is 10.1. The third-order valence-corrected chi connectivity index (χ3v) is 5.22. The lowest BCUT2D eigenvalue weighted by Gasteiger charge is -2.21. The van der Waals surface area contributed by atoms with E-state index < -0.39 is 0 Å². The molecule has 0 bridgehead atoms. The van der Waals surface area contributed by atoms with E-state index in [4.69, 9.17) is 12.2 Å². The van der Waals surface area contributed by atoms with Crippen LogP contribution in [0.4, 0.5) is 0 Å². The number of nitrogens with zero attached hydrogens (tertiary/aromatic N) is 2. The zero-order chi connectivity index (χ0) is 12.6. The largest absolute Gasteiger partial charge is 0.298 e. The van der Waals surface area contributed by atoms with E-state index >= 15 is 0 Å². The maximum atomic E-state index is 10.2. The summed E-state index contributed by atoms with van der Waals surface area (Å²) in [5.74, 6) is 0. The second-order valence-corrected chi connectivity index (χ2v) is 7.75. The van der Waals surface area contributed by atoms with Gasteiger partial charge in [0.15, 0.2) is 0 Å². The summed E-state index contributed by atoms with van der Waals surface area (Å²) in [6, 6.07) is 3.94. The molecule has 6 heteroatoms. The van der Waals surface area contributed by atoms with Crippen LogP contribution in [-0.2, 0) is 0 Å². The van der Waals surface area contributed by atoms with E-state index in [0.717, 1.165) is 9.20 Å². The maximum Gasteiger partial charge on any atom is 0.292 e. The highest BCUT2D eigenvalue weighted by atomic mass is 32.2. The molecule has 1 fully saturated rings. The smallest absolute Gasteiger partial charge is 0.292 e. The van der Waals surface area contributed by atoms with Gasteiger partial charge in [-0.15, -0.1) is 11.3 Å². The summed E-state index contributed by atoms with van der Waals surface area (Å²) in [6.45, 7) is 4.17. The van der Waals surface area contributed by atoms with Gasteiger partial charge in [-0.25, -0.2) is 0 Å². The summed E-state index contributed by atoms with van der Waals surface area (Å²) in [6.07, 6.45) is 1.62. The third-order valence-electron chi connectivity index (χ3n) is 2.68. The second kappa shape index (κ2) is 4.59. The molecule has 92 valence electrons. The Balaban J connectivity index is 2.30. The molecule has 0 amide bonds. The molecule has 2 heterocycles. The molecule has 1 aromatic heterocycles. The van der Waals surface area contributed by atoms with Crippen LogP contribution in [0.3, 0.4) is 0 Å². The van der Waals surface area contributed by atoms with E-state index in [0.29, 0.717) is 0 Å². The van der Waals surface area contributed by atoms with Gasteiger partial charge >= 0.3 is 0 Å². The molecule has 3 nitrogen and oxygen atoms in total. The van der Waals surface area contributed by atoms with Crippen molar-refractivity contribution in [3.8, 4) is 0 Å². The first-order valence-corrected chi connectivity index (χ1v) is 7.33. The molecule has 1 unspecified atom stereocenters. The van der Waals surface area contributed by atoms with E-state index in [2.05, 4.69) is 13.8 Å². The Hall–Kier alpha value is -0.590. The zero-order valence-corrected chi connectivity index (χ0v) is 12.4. The van der Waals surface area contributed by atoms with Gasteiger partial charge in [-0.2, -0.15) is 0 Å². The van der Waals surface area contributed by atoms with Crippen LogP contribution in [0.15, 0.2) is 17.5 Å². The molecule has 1 aliphatic heterocycles. The van der Waals surface area contributed by atoms with E-state index in [1.165, 1.54) is 4.74 Å². The van der Waals surface area contributed by atoms with Crippen LogP contribution in [0, 0.1) is 0 Å². The number of rotatable bonds is 2. The van der Waals surface area contributed by atoms with Gasteiger partial charge in [0.25, 0.3) is 6.17 Å². The van der Waals surface area contributed by atoms with Gasteiger partial charge in [0, 0.05) is 7.05 Å². The summed E-state index contributed by atoms with van der Waals surface area (Å²) in [5.41, 5.74) is 0. The van der Waals surface area contributed by atoms with Crippen LogP contribution < -0.4 is 0 Å². The number of thiophene rings is 1. The number of hydrogen-bond donors (Lipinski definition) is 1. The number of thiocarbonyl (C=S) groups is 1. The molecule has 0 saturated carbocycles. The quantitative estimate of drug-likeness (QED) is 0.297. The average molecular weight is 287 g/mol. The Morgan fingerprint density at radius 1 is 1.59 bits per heavy atom. The van der Waals surface area contributed by atoms with E-state index in [1.807, 2.05) is 29.5 Å². The van der Waals surface area contributed by atoms with Crippen LogP contribution in [0.5, 0.6) is 0 Å². The van der Waals surface area contributed by atoms with Crippen LogP contribution in [0.25, 0.3) is 0 Å². The van der Waals surface area contributed by atoms with Gasteiger partial charge in [0.1, 0.15) is 9.07 Å². The van der Waals surface area contributed by atoms with Gasteiger partial charge in [0.2, 0.25) is 6.21 Å². The molecule has 1 N–H and O–H groups in total. The monoisotopic (exact) mass is 287 g/mol. The van der Waals surface area contributed by atoms with Gasteiger partial charge in [0.05, 0.1) is 4.88 Å². The van der Waals surface area contributed by atoms with E-state index in [-0.39, 0.29) is 10.9 Å². The molecule has 0 spiro atoms. The first kappa shape index (κ1) is 12.9. The van der Waals surface area contributed by atoms with Crippen molar-refractivity contribution < 1.29 is 9.95 Å². The van der Waals surface area contributed by atoms with Crippen molar-refractivity contribution in [2.75, 3.05) is 7.05 Å². The van der Waals surface area contributed by atoms with Crippen molar-refractivity contribution in [3.63, 3.8) is 0 Å². The fourth-order valence-corrected chi connectivity index (χ4v) is 4.43. The summed E-state index contributed by atoms with van der Waals surface area (Å²) in [5, 5.41) is 12.2. The molecular formula is C11H15N2OS3+. The predicted octanol–water partition coefficient (Wildman–Crippen LogP) is 2.64.